The lowest BCUT2D eigenvalue weighted by molar-refractivity contribution is -0.398. The van der Waals surface area contributed by atoms with E-state index in [1.165, 1.54) is 0 Å². The molecule has 21 atom stereocenters. The van der Waals surface area contributed by atoms with Crippen LogP contribution in [0.25, 0.3) is 0 Å². The van der Waals surface area contributed by atoms with Crippen LogP contribution in [0.3, 0.4) is 0 Å². The van der Waals surface area contributed by atoms with Crippen molar-refractivity contribution >= 4 is 0 Å². The second kappa shape index (κ2) is 32.9. The first-order valence-electron chi connectivity index (χ1n) is 31.8. The van der Waals surface area contributed by atoms with Gasteiger partial charge in [0.15, 0.2) is 18.9 Å². The topological polar surface area (TPSA) is 148 Å². The number of hydrogen-bond donors (Lipinski definition) is 0. The summed E-state index contributed by atoms with van der Waals surface area (Å²) in [5.41, 5.74) is -1.92. The molecule has 0 amide bonds. The maximum atomic E-state index is 7.80. The second-order valence-corrected chi connectivity index (χ2v) is 28.1. The fourth-order valence-electron chi connectivity index (χ4n) is 11.7. The Labute approximate surface area is 487 Å². The van der Waals surface area contributed by atoms with E-state index in [2.05, 4.69) is 138 Å². The van der Waals surface area contributed by atoms with Crippen molar-refractivity contribution in [3.63, 3.8) is 0 Å². The molecule has 0 saturated carbocycles. The van der Waals surface area contributed by atoms with Crippen molar-refractivity contribution in [3.05, 3.63) is 0 Å². The summed E-state index contributed by atoms with van der Waals surface area (Å²) in [6, 6.07) is 0. The van der Waals surface area contributed by atoms with Gasteiger partial charge in [0.2, 0.25) is 0 Å². The summed E-state index contributed by atoms with van der Waals surface area (Å²) in [5.74, 6) is 1.96. The van der Waals surface area contributed by atoms with E-state index in [9.17, 15) is 0 Å². The van der Waals surface area contributed by atoms with Crippen molar-refractivity contribution in [2.75, 3.05) is 79.3 Å². The van der Waals surface area contributed by atoms with Crippen LogP contribution in [0.2, 0.25) is 0 Å². The number of fused-ring (bicyclic) bond motifs is 2. The predicted molar refractivity (Wildman–Crippen MR) is 310 cm³/mol. The molecule has 0 N–H and O–H groups in total. The van der Waals surface area contributed by atoms with Gasteiger partial charge in [0, 0.05) is 59.3 Å². The maximum absolute atomic E-state index is 7.80. The summed E-state index contributed by atoms with van der Waals surface area (Å²) in [5, 5.41) is 0. The maximum Gasteiger partial charge on any atom is 0.187 e. The van der Waals surface area contributed by atoms with Gasteiger partial charge >= 0.3 is 0 Å². The smallest absolute Gasteiger partial charge is 0.187 e. The summed E-state index contributed by atoms with van der Waals surface area (Å²) >= 11 is 0. The molecule has 5 heterocycles. The number of ether oxygens (including phenoxy) is 16. The summed E-state index contributed by atoms with van der Waals surface area (Å²) in [4.78, 5) is 0. The van der Waals surface area contributed by atoms with Crippen LogP contribution in [-0.2, 0) is 75.8 Å². The number of rotatable bonds is 29. The summed E-state index contributed by atoms with van der Waals surface area (Å²) in [7, 11) is 0. The van der Waals surface area contributed by atoms with Gasteiger partial charge in [-0.2, -0.15) is 0 Å². The van der Waals surface area contributed by atoms with Gasteiger partial charge in [-0.25, -0.2) is 0 Å². The Hall–Kier alpha value is -0.640. The highest BCUT2D eigenvalue weighted by Gasteiger charge is 2.62. The monoisotopic (exact) mass is 1140 g/mol. The molecule has 472 valence electrons. The molecular formula is C64H120O16. The molecule has 0 aromatic rings. The molecule has 0 bridgehead atoms. The minimum atomic E-state index is -1.06. The highest BCUT2D eigenvalue weighted by Crippen LogP contribution is 2.48. The van der Waals surface area contributed by atoms with Gasteiger partial charge in [0.05, 0.1) is 38.1 Å². The Bertz CT molecular complexity index is 1700. The third-order valence-corrected chi connectivity index (χ3v) is 16.4. The van der Waals surface area contributed by atoms with Gasteiger partial charge in [-0.15, -0.1) is 0 Å². The highest BCUT2D eigenvalue weighted by molar-refractivity contribution is 5.07. The van der Waals surface area contributed by atoms with Crippen molar-refractivity contribution in [3.8, 4) is 0 Å². The van der Waals surface area contributed by atoms with Gasteiger partial charge < -0.3 is 75.8 Å². The van der Waals surface area contributed by atoms with Crippen LogP contribution in [0.5, 0.6) is 0 Å². The molecule has 5 fully saturated rings. The van der Waals surface area contributed by atoms with E-state index in [0.29, 0.717) is 92.1 Å². The lowest BCUT2D eigenvalue weighted by Crippen LogP contribution is -2.71. The normalized spacial score (nSPS) is 39.6. The summed E-state index contributed by atoms with van der Waals surface area (Å²) in [6.07, 6.45) is -8.27. The molecule has 2 unspecified atom stereocenters. The van der Waals surface area contributed by atoms with Gasteiger partial charge in [-0.1, -0.05) is 125 Å². The average molecular weight is 1150 g/mol. The van der Waals surface area contributed by atoms with Gasteiger partial charge in [0.1, 0.15) is 72.7 Å². The molecule has 0 aliphatic carbocycles. The summed E-state index contributed by atoms with van der Waals surface area (Å²) in [6.45, 7) is 53.3. The van der Waals surface area contributed by atoms with Crippen LogP contribution < -0.4 is 0 Å². The zero-order valence-corrected chi connectivity index (χ0v) is 54.4. The van der Waals surface area contributed by atoms with E-state index in [1.807, 2.05) is 13.8 Å². The molecular weight excluding hydrogens is 1020 g/mol. The van der Waals surface area contributed by atoms with Crippen molar-refractivity contribution < 1.29 is 75.8 Å². The SMILES string of the molecule is CCOC[C@H]1O[C@H](O[C@]2(C)C[C@H](C)[C@@H](C)CO[C@H]3[C@H](OCC(C)C)[C@H]4OC[C@@H](C)[C@H](C)C(C)([C@H]5OC(OCC(C)C)[C@H](OCC)[C@@H](OCC(C)C)[C@@H]5OCC(C)C)O[C@H]4O[C@@H]3C2)[C@H](OCC(C)C)[C@@H](OCC(C)C)[C@@H]1OCC(C)C. The predicted octanol–water partition coefficient (Wildman–Crippen LogP) is 11.2. The van der Waals surface area contributed by atoms with Gasteiger partial charge in [0.25, 0.3) is 0 Å². The highest BCUT2D eigenvalue weighted by atomic mass is 16.8. The quantitative estimate of drug-likeness (QED) is 0.0699. The Balaban J connectivity index is 1.65. The van der Waals surface area contributed by atoms with Crippen LogP contribution in [0.15, 0.2) is 0 Å². The van der Waals surface area contributed by atoms with Crippen molar-refractivity contribution in [1.82, 2.24) is 0 Å². The lowest BCUT2D eigenvalue weighted by atomic mass is 9.73. The van der Waals surface area contributed by atoms with E-state index in [0.717, 1.165) is 0 Å². The molecule has 0 aromatic carbocycles. The van der Waals surface area contributed by atoms with Crippen LogP contribution >= 0.6 is 0 Å². The van der Waals surface area contributed by atoms with E-state index >= 15 is 0 Å². The zero-order chi connectivity index (χ0) is 59.2. The van der Waals surface area contributed by atoms with E-state index in [-0.39, 0.29) is 65.1 Å². The minimum Gasteiger partial charge on any atom is -0.379 e. The van der Waals surface area contributed by atoms with Gasteiger partial charge in [-0.3, -0.25) is 0 Å². The second-order valence-electron chi connectivity index (χ2n) is 28.1. The molecule has 5 aliphatic rings. The fourth-order valence-corrected chi connectivity index (χ4v) is 11.7. The van der Waals surface area contributed by atoms with Crippen molar-refractivity contribution in [2.24, 2.45) is 65.1 Å². The van der Waals surface area contributed by atoms with Gasteiger partial charge in [-0.05, 0) is 99.2 Å². The molecule has 0 radical (unpaired) electrons. The lowest BCUT2D eigenvalue weighted by Gasteiger charge is -2.57. The largest absolute Gasteiger partial charge is 0.379 e. The molecule has 0 aromatic heterocycles. The Morgan fingerprint density at radius 2 is 0.900 bits per heavy atom. The molecule has 0 spiro atoms. The van der Waals surface area contributed by atoms with E-state index in [1.54, 1.807) is 0 Å². The molecule has 16 heteroatoms. The van der Waals surface area contributed by atoms with Crippen LogP contribution in [0.4, 0.5) is 0 Å². The third-order valence-electron chi connectivity index (χ3n) is 16.4. The molecule has 80 heavy (non-hydrogen) atoms. The molecule has 5 rings (SSSR count). The van der Waals surface area contributed by atoms with Crippen molar-refractivity contribution in [1.29, 1.82) is 0 Å². The van der Waals surface area contributed by atoms with Crippen molar-refractivity contribution in [2.45, 2.75) is 268 Å². The van der Waals surface area contributed by atoms with E-state index in [4.69, 9.17) is 75.8 Å². The molecule has 5 saturated heterocycles. The Morgan fingerprint density at radius 1 is 0.438 bits per heavy atom. The van der Waals surface area contributed by atoms with E-state index < -0.39 is 103 Å². The Kier molecular flexibility index (Phi) is 28.9. The van der Waals surface area contributed by atoms with Crippen LogP contribution in [0.1, 0.15) is 165 Å². The number of hydrogen-bond acceptors (Lipinski definition) is 16. The zero-order valence-electron chi connectivity index (χ0n) is 54.4. The van der Waals surface area contributed by atoms with Crippen LogP contribution in [-0.4, -0.2) is 183 Å². The fraction of sp³-hybridized carbons (Fsp3) is 1.00. The molecule has 5 aliphatic heterocycles. The Morgan fingerprint density at radius 3 is 1.44 bits per heavy atom. The third kappa shape index (κ3) is 19.7. The minimum absolute atomic E-state index is 0.00378. The first-order valence-corrected chi connectivity index (χ1v) is 31.8. The van der Waals surface area contributed by atoms with Crippen LogP contribution in [0, 0.1) is 65.1 Å². The molecule has 16 nitrogen and oxygen atoms in total. The average Bonchev–Trinajstić information content (AvgIpc) is 3.55. The standard InChI is InChI=1S/C64H120O16/c1-23-65-36-49-51(67-27-37(3)4)53(69-29-39(7)8)57(72-32-42(13)14)61(77-49)79-63(21)25-44(17)45(18)34-73-50-48(26-63)76-62-58(52(50)68-28-38(5)6)74-35-46(19)47(20)64(22,80-62)59-55(71-31-41(11)12)54(70-30-40(9)10)56(66-24-2)60(78-59)75-33-43(15)16/h37-62H,23-36H2,1-22H3/t44-,45-,46+,47-,48+,49+,50+,51+,52-,53-,54-,55-,56+,57+,58+,59-,60?,61+,62+,63+,64?/m0/s1. The first-order chi connectivity index (χ1) is 37.7. The summed E-state index contributed by atoms with van der Waals surface area (Å²) < 4.78 is 113. The first kappa shape index (κ1) is 70.1.